The molecular formula is C22H26Cl2N4O2. The van der Waals surface area contributed by atoms with Crippen LogP contribution in [-0.4, -0.2) is 79.0 Å². The minimum absolute atomic E-state index is 0.0111. The Hall–Kier alpha value is -2.20. The van der Waals surface area contributed by atoms with Gasteiger partial charge in [0.25, 0.3) is 0 Å². The lowest BCUT2D eigenvalue weighted by Gasteiger charge is -2.34. The Labute approximate surface area is 187 Å². The molecule has 1 N–H and O–H groups in total. The summed E-state index contributed by atoms with van der Waals surface area (Å²) < 4.78 is 0. The van der Waals surface area contributed by atoms with E-state index in [0.29, 0.717) is 36.2 Å². The van der Waals surface area contributed by atoms with Crippen LogP contribution in [0.2, 0.25) is 10.0 Å². The number of benzene rings is 1. The Balaban J connectivity index is 1.50. The highest BCUT2D eigenvalue weighted by atomic mass is 35.5. The number of likely N-dealkylation sites (N-methyl/N-ethyl adjacent to an activating group) is 1. The summed E-state index contributed by atoms with van der Waals surface area (Å²) in [5.74, 6) is 6.25. The van der Waals surface area contributed by atoms with Crippen molar-refractivity contribution in [2.75, 3.05) is 46.8 Å². The van der Waals surface area contributed by atoms with E-state index in [1.165, 1.54) is 0 Å². The Morgan fingerprint density at radius 3 is 2.40 bits per heavy atom. The van der Waals surface area contributed by atoms with E-state index in [1.54, 1.807) is 28.0 Å². The summed E-state index contributed by atoms with van der Waals surface area (Å²) in [4.78, 5) is 30.4. The molecule has 0 aromatic heterocycles. The quantitative estimate of drug-likeness (QED) is 0.568. The fourth-order valence-electron chi connectivity index (χ4n) is 3.06. The summed E-state index contributed by atoms with van der Waals surface area (Å²) in [7, 11) is 3.90. The number of nitrogens with one attached hydrogen (secondary N) is 1. The van der Waals surface area contributed by atoms with Gasteiger partial charge < -0.3 is 20.0 Å². The van der Waals surface area contributed by atoms with Gasteiger partial charge in [0.05, 0.1) is 10.0 Å². The van der Waals surface area contributed by atoms with E-state index >= 15 is 0 Å². The molecule has 0 atom stereocenters. The van der Waals surface area contributed by atoms with E-state index in [4.69, 9.17) is 23.2 Å². The third kappa shape index (κ3) is 6.15. The highest BCUT2D eigenvalue weighted by Crippen LogP contribution is 2.35. The highest BCUT2D eigenvalue weighted by molar-refractivity contribution is 6.42. The molecule has 160 valence electrons. The number of amides is 3. The molecule has 30 heavy (non-hydrogen) atoms. The first-order valence-electron chi connectivity index (χ1n) is 9.93. The molecule has 0 bridgehead atoms. The highest BCUT2D eigenvalue weighted by Gasteiger charge is 2.43. The monoisotopic (exact) mass is 448 g/mol. The third-order valence-corrected chi connectivity index (χ3v) is 5.81. The number of halogens is 2. The van der Waals surface area contributed by atoms with Crippen molar-refractivity contribution in [2.24, 2.45) is 0 Å². The molecule has 1 saturated heterocycles. The molecule has 2 fully saturated rings. The summed E-state index contributed by atoms with van der Waals surface area (Å²) >= 11 is 12.0. The summed E-state index contributed by atoms with van der Waals surface area (Å²) in [5.41, 5.74) is 0.282. The average molecular weight is 449 g/mol. The zero-order valence-electron chi connectivity index (χ0n) is 17.3. The number of nitrogens with zero attached hydrogens (tertiary/aromatic N) is 3. The second-order valence-corrected chi connectivity index (χ2v) is 8.68. The van der Waals surface area contributed by atoms with Crippen molar-refractivity contribution in [3.8, 4) is 11.8 Å². The molecule has 1 aromatic carbocycles. The number of rotatable bonds is 4. The van der Waals surface area contributed by atoms with Gasteiger partial charge in [0, 0.05) is 44.4 Å². The van der Waals surface area contributed by atoms with E-state index < -0.39 is 5.54 Å². The normalized spacial score (nSPS) is 17.6. The fraction of sp³-hybridized carbons (Fsp3) is 0.455. The first kappa shape index (κ1) is 22.5. The maximum atomic E-state index is 12.7. The van der Waals surface area contributed by atoms with Gasteiger partial charge in [-0.25, -0.2) is 4.79 Å². The van der Waals surface area contributed by atoms with Gasteiger partial charge in [0.1, 0.15) is 5.54 Å². The first-order valence-corrected chi connectivity index (χ1v) is 10.7. The molecular weight excluding hydrogens is 423 g/mol. The minimum Gasteiger partial charge on any atom is -0.336 e. The van der Waals surface area contributed by atoms with Gasteiger partial charge in [-0.3, -0.25) is 4.79 Å². The second-order valence-electron chi connectivity index (χ2n) is 7.87. The van der Waals surface area contributed by atoms with Crippen LogP contribution >= 0.6 is 23.2 Å². The Morgan fingerprint density at radius 2 is 1.80 bits per heavy atom. The molecule has 1 aromatic rings. The van der Waals surface area contributed by atoms with Crippen LogP contribution < -0.4 is 5.32 Å². The lowest BCUT2D eigenvalue weighted by Crippen LogP contribution is -2.54. The Bertz CT molecular complexity index is 892. The standard InChI is InChI=1S/C22H26Cl2N4O2/c1-26(2)11-3-4-20(29)27-12-14-28(15-13-27)21(30)25-22(9-10-22)8-7-17-5-6-18(23)19(24)16-17/h3-6,16H,9-15H2,1-2H3,(H,25,30)/b4-3+. The SMILES string of the molecule is CN(C)C/C=C/C(=O)N1CCN(C(=O)NC2(C#Cc3ccc(Cl)c(Cl)c3)CC2)CC1. The summed E-state index contributed by atoms with van der Waals surface area (Å²) in [6.07, 6.45) is 5.10. The zero-order chi connectivity index (χ0) is 21.7. The van der Waals surface area contributed by atoms with Gasteiger partial charge in [-0.05, 0) is 45.1 Å². The molecule has 1 aliphatic carbocycles. The second kappa shape index (κ2) is 9.74. The van der Waals surface area contributed by atoms with Crippen molar-refractivity contribution in [3.63, 3.8) is 0 Å². The Kier molecular flexibility index (Phi) is 7.30. The molecule has 2 aliphatic rings. The molecule has 0 spiro atoms. The van der Waals surface area contributed by atoms with Crippen LogP contribution in [0, 0.1) is 11.8 Å². The van der Waals surface area contributed by atoms with E-state index in [9.17, 15) is 9.59 Å². The number of urea groups is 1. The number of piperazine rings is 1. The van der Waals surface area contributed by atoms with E-state index in [2.05, 4.69) is 17.2 Å². The summed E-state index contributed by atoms with van der Waals surface area (Å²) in [6.45, 7) is 2.80. The van der Waals surface area contributed by atoms with Gasteiger partial charge in [-0.15, -0.1) is 0 Å². The number of carbonyl (C=O) groups excluding carboxylic acids is 2. The van der Waals surface area contributed by atoms with Gasteiger partial charge in [0.15, 0.2) is 0 Å². The molecule has 1 heterocycles. The number of hydrogen-bond donors (Lipinski definition) is 1. The lowest BCUT2D eigenvalue weighted by molar-refractivity contribution is -0.127. The molecule has 0 unspecified atom stereocenters. The fourth-order valence-corrected chi connectivity index (χ4v) is 3.35. The van der Waals surface area contributed by atoms with Crippen molar-refractivity contribution >= 4 is 35.1 Å². The van der Waals surface area contributed by atoms with Crippen LogP contribution in [0.4, 0.5) is 4.79 Å². The predicted molar refractivity (Wildman–Crippen MR) is 120 cm³/mol. The Morgan fingerprint density at radius 1 is 1.13 bits per heavy atom. The van der Waals surface area contributed by atoms with Crippen LogP contribution in [0.5, 0.6) is 0 Å². The van der Waals surface area contributed by atoms with E-state index in [1.807, 2.05) is 31.1 Å². The van der Waals surface area contributed by atoms with E-state index in [0.717, 1.165) is 24.9 Å². The van der Waals surface area contributed by atoms with Crippen LogP contribution in [0.25, 0.3) is 0 Å². The lowest BCUT2D eigenvalue weighted by atomic mass is 10.2. The van der Waals surface area contributed by atoms with Crippen LogP contribution in [-0.2, 0) is 4.79 Å². The van der Waals surface area contributed by atoms with Crippen molar-refractivity contribution < 1.29 is 9.59 Å². The zero-order valence-corrected chi connectivity index (χ0v) is 18.8. The van der Waals surface area contributed by atoms with Crippen molar-refractivity contribution in [1.29, 1.82) is 0 Å². The van der Waals surface area contributed by atoms with Crippen molar-refractivity contribution in [3.05, 3.63) is 46.0 Å². The minimum atomic E-state index is -0.481. The summed E-state index contributed by atoms with van der Waals surface area (Å²) in [6, 6.07) is 5.11. The van der Waals surface area contributed by atoms with E-state index in [-0.39, 0.29) is 11.9 Å². The van der Waals surface area contributed by atoms with Gasteiger partial charge >= 0.3 is 6.03 Å². The topological polar surface area (TPSA) is 55.9 Å². The smallest absolute Gasteiger partial charge is 0.318 e. The summed E-state index contributed by atoms with van der Waals surface area (Å²) in [5, 5.41) is 4.00. The van der Waals surface area contributed by atoms with Gasteiger partial charge in [0.2, 0.25) is 5.91 Å². The van der Waals surface area contributed by atoms with Crippen LogP contribution in [0.15, 0.2) is 30.4 Å². The van der Waals surface area contributed by atoms with Gasteiger partial charge in [-0.2, -0.15) is 0 Å². The maximum Gasteiger partial charge on any atom is 0.318 e. The van der Waals surface area contributed by atoms with Crippen LogP contribution in [0.1, 0.15) is 18.4 Å². The molecule has 0 radical (unpaired) electrons. The number of carbonyl (C=O) groups is 2. The maximum absolute atomic E-state index is 12.7. The molecule has 1 aliphatic heterocycles. The molecule has 1 saturated carbocycles. The molecule has 3 rings (SSSR count). The van der Waals surface area contributed by atoms with Crippen molar-refractivity contribution in [2.45, 2.75) is 18.4 Å². The van der Waals surface area contributed by atoms with Crippen LogP contribution in [0.3, 0.4) is 0 Å². The third-order valence-electron chi connectivity index (χ3n) is 5.07. The molecule has 3 amide bonds. The average Bonchev–Trinajstić information content (AvgIpc) is 3.48. The van der Waals surface area contributed by atoms with Crippen molar-refractivity contribution in [1.82, 2.24) is 20.0 Å². The largest absolute Gasteiger partial charge is 0.336 e. The first-order chi connectivity index (χ1) is 14.3. The molecule has 8 heteroatoms. The van der Waals surface area contributed by atoms with Gasteiger partial charge in [-0.1, -0.05) is 41.1 Å². The predicted octanol–water partition coefficient (Wildman–Crippen LogP) is 2.85. The number of hydrogen-bond acceptors (Lipinski definition) is 3. The molecule has 6 nitrogen and oxygen atoms in total.